The van der Waals surface area contributed by atoms with Gasteiger partial charge in [0.05, 0.1) is 11.8 Å². The van der Waals surface area contributed by atoms with Gasteiger partial charge in [-0.05, 0) is 55.5 Å². The number of rotatable bonds is 7. The molecule has 1 N–H and O–H groups in total. The third kappa shape index (κ3) is 5.14. The Morgan fingerprint density at radius 3 is 2.64 bits per heavy atom. The first-order chi connectivity index (χ1) is 16.0. The van der Waals surface area contributed by atoms with E-state index in [4.69, 9.17) is 0 Å². The zero-order valence-electron chi connectivity index (χ0n) is 19.4. The molecular weight excluding hydrogens is 410 g/mol. The van der Waals surface area contributed by atoms with Crippen molar-refractivity contribution in [2.45, 2.75) is 33.1 Å². The van der Waals surface area contributed by atoms with E-state index >= 15 is 0 Å². The molecule has 0 radical (unpaired) electrons. The third-order valence-electron chi connectivity index (χ3n) is 6.46. The average Bonchev–Trinajstić information content (AvgIpc) is 3.26. The highest BCUT2D eigenvalue weighted by atomic mass is 16.2. The maximum Gasteiger partial charge on any atom is 0.228 e. The summed E-state index contributed by atoms with van der Waals surface area (Å²) in [5, 5.41) is 3.04. The predicted molar refractivity (Wildman–Crippen MR) is 131 cm³/mol. The maximum atomic E-state index is 13.3. The van der Waals surface area contributed by atoms with Gasteiger partial charge < -0.3 is 10.2 Å². The molecule has 2 heterocycles. The standard InChI is InChI=1S/C28H31N3O2/c1-3-29-27(33)28(14-16-31(20-28)26(32)18-24-12-6-7-15-30-24)19-23-10-4-5-13-25(23)22-11-8-9-21(2)17-22/h4-13,15,17H,3,14,16,18-20H2,1-2H3,(H,29,33)/t28-/m1/s1. The second-order valence-corrected chi connectivity index (χ2v) is 8.91. The van der Waals surface area contributed by atoms with Gasteiger partial charge in [0, 0.05) is 31.5 Å². The number of hydrogen-bond donors (Lipinski definition) is 1. The summed E-state index contributed by atoms with van der Waals surface area (Å²) in [6.45, 7) is 5.60. The van der Waals surface area contributed by atoms with Gasteiger partial charge in [0.2, 0.25) is 11.8 Å². The SMILES string of the molecule is CCNC(=O)[C@@]1(Cc2ccccc2-c2cccc(C)c2)CCN(C(=O)Cc2ccccn2)C1. The largest absolute Gasteiger partial charge is 0.356 e. The minimum Gasteiger partial charge on any atom is -0.356 e. The Kier molecular flexibility index (Phi) is 6.87. The van der Waals surface area contributed by atoms with E-state index in [-0.39, 0.29) is 18.2 Å². The Morgan fingerprint density at radius 2 is 1.88 bits per heavy atom. The Bertz CT molecular complexity index is 1130. The van der Waals surface area contributed by atoms with Crippen LogP contribution >= 0.6 is 0 Å². The number of carbonyl (C=O) groups is 2. The van der Waals surface area contributed by atoms with Gasteiger partial charge in [0.1, 0.15) is 0 Å². The Hall–Kier alpha value is -3.47. The highest BCUT2D eigenvalue weighted by Crippen LogP contribution is 2.38. The first-order valence-corrected chi connectivity index (χ1v) is 11.6. The Labute approximate surface area is 195 Å². The van der Waals surface area contributed by atoms with Crippen LogP contribution in [0.15, 0.2) is 72.9 Å². The number of aryl methyl sites for hydroxylation is 1. The Morgan fingerprint density at radius 1 is 1.06 bits per heavy atom. The quantitative estimate of drug-likeness (QED) is 0.598. The molecule has 0 unspecified atom stereocenters. The van der Waals surface area contributed by atoms with E-state index in [2.05, 4.69) is 53.6 Å². The molecule has 3 aromatic rings. The van der Waals surface area contributed by atoms with E-state index in [0.717, 1.165) is 22.4 Å². The monoisotopic (exact) mass is 441 g/mol. The van der Waals surface area contributed by atoms with Gasteiger partial charge in [-0.15, -0.1) is 0 Å². The lowest BCUT2D eigenvalue weighted by Crippen LogP contribution is -2.45. The number of likely N-dealkylation sites (tertiary alicyclic amines) is 1. The van der Waals surface area contributed by atoms with Crippen molar-refractivity contribution in [2.75, 3.05) is 19.6 Å². The van der Waals surface area contributed by atoms with Gasteiger partial charge in [-0.3, -0.25) is 14.6 Å². The van der Waals surface area contributed by atoms with Gasteiger partial charge in [0.25, 0.3) is 0 Å². The van der Waals surface area contributed by atoms with Gasteiger partial charge in [-0.1, -0.05) is 60.2 Å². The zero-order valence-corrected chi connectivity index (χ0v) is 19.4. The molecule has 5 nitrogen and oxygen atoms in total. The minimum absolute atomic E-state index is 0.0202. The molecule has 2 amide bonds. The van der Waals surface area contributed by atoms with Crippen LogP contribution in [0.4, 0.5) is 0 Å². The highest BCUT2D eigenvalue weighted by Gasteiger charge is 2.46. The molecule has 0 saturated carbocycles. The van der Waals surface area contributed by atoms with Gasteiger partial charge in [-0.2, -0.15) is 0 Å². The van der Waals surface area contributed by atoms with E-state index in [1.165, 1.54) is 5.56 Å². The van der Waals surface area contributed by atoms with Crippen LogP contribution in [0.5, 0.6) is 0 Å². The van der Waals surface area contributed by atoms with Crippen molar-refractivity contribution < 1.29 is 9.59 Å². The van der Waals surface area contributed by atoms with E-state index in [1.54, 1.807) is 6.20 Å². The molecule has 1 atom stereocenters. The molecule has 0 bridgehead atoms. The van der Waals surface area contributed by atoms with Crippen LogP contribution in [0.2, 0.25) is 0 Å². The maximum absolute atomic E-state index is 13.3. The number of pyridine rings is 1. The van der Waals surface area contributed by atoms with Crippen LogP contribution in [0.3, 0.4) is 0 Å². The Balaban J connectivity index is 1.61. The van der Waals surface area contributed by atoms with Crippen LogP contribution < -0.4 is 5.32 Å². The fourth-order valence-electron chi connectivity index (χ4n) is 4.75. The summed E-state index contributed by atoms with van der Waals surface area (Å²) in [6.07, 6.45) is 3.20. The molecule has 1 aromatic heterocycles. The highest BCUT2D eigenvalue weighted by molar-refractivity contribution is 5.86. The van der Waals surface area contributed by atoms with Crippen molar-refractivity contribution in [1.82, 2.24) is 15.2 Å². The summed E-state index contributed by atoms with van der Waals surface area (Å²) in [5.41, 5.74) is 4.74. The predicted octanol–water partition coefficient (Wildman–Crippen LogP) is 4.20. The molecule has 0 aliphatic carbocycles. The van der Waals surface area contributed by atoms with Crippen molar-refractivity contribution in [3.63, 3.8) is 0 Å². The van der Waals surface area contributed by atoms with E-state index in [9.17, 15) is 9.59 Å². The molecule has 33 heavy (non-hydrogen) atoms. The summed E-state index contributed by atoms with van der Waals surface area (Å²) in [6, 6.07) is 22.3. The molecule has 1 aliphatic heterocycles. The molecule has 0 spiro atoms. The lowest BCUT2D eigenvalue weighted by atomic mass is 9.78. The number of nitrogens with zero attached hydrogens (tertiary/aromatic N) is 2. The summed E-state index contributed by atoms with van der Waals surface area (Å²) in [4.78, 5) is 32.5. The third-order valence-corrected chi connectivity index (χ3v) is 6.46. The van der Waals surface area contributed by atoms with Gasteiger partial charge in [0.15, 0.2) is 0 Å². The first-order valence-electron chi connectivity index (χ1n) is 11.6. The van der Waals surface area contributed by atoms with Crippen molar-refractivity contribution in [2.24, 2.45) is 5.41 Å². The molecule has 1 saturated heterocycles. The van der Waals surface area contributed by atoms with Crippen LogP contribution in [0.25, 0.3) is 11.1 Å². The van der Waals surface area contributed by atoms with Crippen molar-refractivity contribution in [3.8, 4) is 11.1 Å². The number of hydrogen-bond acceptors (Lipinski definition) is 3. The second kappa shape index (κ2) is 9.99. The zero-order chi connectivity index (χ0) is 23.3. The molecule has 2 aromatic carbocycles. The van der Waals surface area contributed by atoms with Crippen LogP contribution in [-0.2, 0) is 22.4 Å². The van der Waals surface area contributed by atoms with Crippen molar-refractivity contribution >= 4 is 11.8 Å². The number of benzene rings is 2. The van der Waals surface area contributed by atoms with E-state index in [1.807, 2.05) is 42.2 Å². The van der Waals surface area contributed by atoms with E-state index < -0.39 is 5.41 Å². The summed E-state index contributed by atoms with van der Waals surface area (Å²) >= 11 is 0. The van der Waals surface area contributed by atoms with Gasteiger partial charge >= 0.3 is 0 Å². The molecule has 4 rings (SSSR count). The molecular formula is C28H31N3O2. The fraction of sp³-hybridized carbons (Fsp3) is 0.321. The summed E-state index contributed by atoms with van der Waals surface area (Å²) < 4.78 is 0. The normalized spacial score (nSPS) is 17.7. The first kappa shape index (κ1) is 22.7. The molecule has 170 valence electrons. The van der Waals surface area contributed by atoms with Crippen LogP contribution in [0.1, 0.15) is 30.2 Å². The van der Waals surface area contributed by atoms with E-state index in [0.29, 0.717) is 32.5 Å². The average molecular weight is 442 g/mol. The minimum atomic E-state index is -0.643. The lowest BCUT2D eigenvalue weighted by molar-refractivity contribution is -0.132. The van der Waals surface area contributed by atoms with Gasteiger partial charge in [-0.25, -0.2) is 0 Å². The number of aromatic nitrogens is 1. The topological polar surface area (TPSA) is 62.3 Å². The number of carbonyl (C=O) groups excluding carboxylic acids is 2. The second-order valence-electron chi connectivity index (χ2n) is 8.91. The summed E-state index contributed by atoms with van der Waals surface area (Å²) in [7, 11) is 0. The number of nitrogens with one attached hydrogen (secondary N) is 1. The smallest absolute Gasteiger partial charge is 0.228 e. The van der Waals surface area contributed by atoms with Crippen LogP contribution in [0, 0.1) is 12.3 Å². The molecule has 5 heteroatoms. The fourth-order valence-corrected chi connectivity index (χ4v) is 4.75. The van der Waals surface area contributed by atoms with Crippen LogP contribution in [-0.4, -0.2) is 41.3 Å². The van der Waals surface area contributed by atoms with Crippen molar-refractivity contribution in [3.05, 3.63) is 89.7 Å². The molecule has 1 aliphatic rings. The number of amides is 2. The summed E-state index contributed by atoms with van der Waals surface area (Å²) in [5.74, 6) is 0.0454. The molecule has 1 fully saturated rings. The lowest BCUT2D eigenvalue weighted by Gasteiger charge is -2.29. The van der Waals surface area contributed by atoms with Crippen molar-refractivity contribution in [1.29, 1.82) is 0 Å².